The van der Waals surface area contributed by atoms with E-state index in [1.807, 2.05) is 0 Å². The van der Waals surface area contributed by atoms with Gasteiger partial charge in [-0.15, -0.1) is 10.2 Å². The van der Waals surface area contributed by atoms with Crippen molar-refractivity contribution in [1.29, 1.82) is 0 Å². The lowest BCUT2D eigenvalue weighted by Crippen LogP contribution is -2.49. The van der Waals surface area contributed by atoms with Crippen LogP contribution in [-0.2, 0) is 16.1 Å². The predicted octanol–water partition coefficient (Wildman–Crippen LogP) is 0.231. The van der Waals surface area contributed by atoms with Gasteiger partial charge in [0.15, 0.2) is 0 Å². The molecule has 0 spiro atoms. The molecule has 10 nitrogen and oxygen atoms in total. The fourth-order valence-electron chi connectivity index (χ4n) is 2.37. The first-order chi connectivity index (χ1) is 12.3. The van der Waals surface area contributed by atoms with Crippen molar-refractivity contribution in [3.05, 3.63) is 30.1 Å². The van der Waals surface area contributed by atoms with Crippen LogP contribution in [-0.4, -0.2) is 48.6 Å². The summed E-state index contributed by atoms with van der Waals surface area (Å²) in [7, 11) is 0. The summed E-state index contributed by atoms with van der Waals surface area (Å²) in [4.78, 5) is 37.1. The van der Waals surface area contributed by atoms with Gasteiger partial charge in [0.05, 0.1) is 0 Å². The van der Waals surface area contributed by atoms with Gasteiger partial charge in [0.1, 0.15) is 17.9 Å². The highest BCUT2D eigenvalue weighted by molar-refractivity contribution is 6.07. The van der Waals surface area contributed by atoms with E-state index in [0.717, 1.165) is 4.80 Å². The molecule has 1 aliphatic rings. The average Bonchev–Trinajstić information content (AvgIpc) is 3.14. The third-order valence-corrected chi connectivity index (χ3v) is 4.03. The van der Waals surface area contributed by atoms with Crippen LogP contribution in [0.1, 0.15) is 20.3 Å². The zero-order valence-electron chi connectivity index (χ0n) is 14.1. The van der Waals surface area contributed by atoms with Gasteiger partial charge in [-0.1, -0.05) is 19.1 Å². The molecule has 3 rings (SSSR count). The van der Waals surface area contributed by atoms with Crippen LogP contribution in [0.3, 0.4) is 0 Å². The molecule has 1 fully saturated rings. The number of carbonyl (C=O) groups is 3. The Labute approximate surface area is 147 Å². The van der Waals surface area contributed by atoms with E-state index in [-0.39, 0.29) is 12.4 Å². The first-order valence-electron chi connectivity index (χ1n) is 7.82. The molecule has 0 radical (unpaired) electrons. The number of imide groups is 1. The fraction of sp³-hybridized carbons (Fsp3) is 0.333. The van der Waals surface area contributed by atoms with Gasteiger partial charge in [-0.25, -0.2) is 9.18 Å². The number of halogens is 1. The normalized spacial score (nSPS) is 19.6. The Kier molecular flexibility index (Phi) is 4.36. The number of hydrogen-bond donors (Lipinski definition) is 2. The molecule has 4 amide bonds. The number of rotatable bonds is 5. The van der Waals surface area contributed by atoms with Gasteiger partial charge in [0.2, 0.25) is 5.82 Å². The summed E-state index contributed by atoms with van der Waals surface area (Å²) < 4.78 is 13.2. The number of urea groups is 1. The largest absolute Gasteiger partial charge is 0.344 e. The summed E-state index contributed by atoms with van der Waals surface area (Å²) >= 11 is 0. The molecule has 0 aliphatic carbocycles. The number of tetrazole rings is 1. The van der Waals surface area contributed by atoms with Gasteiger partial charge in [-0.05, 0) is 30.7 Å². The van der Waals surface area contributed by atoms with Crippen LogP contribution in [0.25, 0.3) is 11.4 Å². The Morgan fingerprint density at radius 2 is 2.15 bits per heavy atom. The SMILES string of the molecule is CCC1(C)NC(=O)N(NC(=O)Cn2nnc(-c3cccc(F)c3)n2)C1=O. The van der Waals surface area contributed by atoms with Gasteiger partial charge in [0.25, 0.3) is 11.8 Å². The molecule has 2 aromatic rings. The van der Waals surface area contributed by atoms with E-state index >= 15 is 0 Å². The molecule has 0 saturated carbocycles. The maximum Gasteiger partial charge on any atom is 0.344 e. The summed E-state index contributed by atoms with van der Waals surface area (Å²) in [6, 6.07) is 4.91. The van der Waals surface area contributed by atoms with Crippen molar-refractivity contribution in [2.45, 2.75) is 32.4 Å². The van der Waals surface area contributed by atoms with Crippen LogP contribution >= 0.6 is 0 Å². The molecular formula is C15H16FN7O3. The lowest BCUT2D eigenvalue weighted by molar-refractivity contribution is -0.139. The third kappa shape index (κ3) is 3.23. The number of nitrogens with zero attached hydrogens (tertiary/aromatic N) is 5. The molecular weight excluding hydrogens is 345 g/mol. The van der Waals surface area contributed by atoms with E-state index in [1.54, 1.807) is 19.9 Å². The summed E-state index contributed by atoms with van der Waals surface area (Å²) in [5, 5.41) is 14.6. The number of hydrazine groups is 1. The van der Waals surface area contributed by atoms with Crippen LogP contribution in [0.15, 0.2) is 24.3 Å². The highest BCUT2D eigenvalue weighted by Gasteiger charge is 2.47. The van der Waals surface area contributed by atoms with E-state index < -0.39 is 29.2 Å². The van der Waals surface area contributed by atoms with Gasteiger partial charge < -0.3 is 5.32 Å². The number of amides is 4. The molecule has 1 aromatic carbocycles. The van der Waals surface area contributed by atoms with Crippen LogP contribution in [0.5, 0.6) is 0 Å². The average molecular weight is 361 g/mol. The van der Waals surface area contributed by atoms with Crippen molar-refractivity contribution >= 4 is 17.8 Å². The number of carbonyl (C=O) groups excluding carboxylic acids is 3. The topological polar surface area (TPSA) is 122 Å². The van der Waals surface area contributed by atoms with E-state index in [1.165, 1.54) is 18.2 Å². The second-order valence-corrected chi connectivity index (χ2v) is 5.95. The molecule has 2 N–H and O–H groups in total. The molecule has 1 atom stereocenters. The summed E-state index contributed by atoms with van der Waals surface area (Å²) in [6.07, 6.45) is 0.381. The Morgan fingerprint density at radius 1 is 1.38 bits per heavy atom. The quantitative estimate of drug-likeness (QED) is 0.735. The minimum Gasteiger partial charge on any atom is -0.322 e. The standard InChI is InChI=1S/C15H16FN7O3/c1-3-15(2)13(25)23(14(26)17-15)19-11(24)8-22-20-12(18-21-22)9-5-4-6-10(16)7-9/h4-7H,3,8H2,1-2H3,(H,17,26)(H,19,24). The molecule has 26 heavy (non-hydrogen) atoms. The van der Waals surface area contributed by atoms with Gasteiger partial charge in [-0.2, -0.15) is 9.81 Å². The molecule has 0 bridgehead atoms. The van der Waals surface area contributed by atoms with Gasteiger partial charge in [-0.3, -0.25) is 15.0 Å². The van der Waals surface area contributed by atoms with Crippen LogP contribution < -0.4 is 10.7 Å². The molecule has 2 heterocycles. The van der Waals surface area contributed by atoms with Crippen LogP contribution in [0.2, 0.25) is 0 Å². The van der Waals surface area contributed by atoms with E-state index in [4.69, 9.17) is 0 Å². The lowest BCUT2D eigenvalue weighted by atomic mass is 10.00. The smallest absolute Gasteiger partial charge is 0.322 e. The Balaban J connectivity index is 1.66. The first-order valence-corrected chi connectivity index (χ1v) is 7.82. The number of aromatic nitrogens is 4. The van der Waals surface area contributed by atoms with Gasteiger partial charge >= 0.3 is 6.03 Å². The van der Waals surface area contributed by atoms with Crippen molar-refractivity contribution in [3.63, 3.8) is 0 Å². The molecule has 11 heteroatoms. The van der Waals surface area contributed by atoms with Crippen molar-refractivity contribution in [3.8, 4) is 11.4 Å². The summed E-state index contributed by atoms with van der Waals surface area (Å²) in [5.74, 6) is -1.54. The summed E-state index contributed by atoms with van der Waals surface area (Å²) in [6.45, 7) is 2.95. The molecule has 1 aromatic heterocycles. The van der Waals surface area contributed by atoms with Crippen molar-refractivity contribution in [2.75, 3.05) is 0 Å². The maximum atomic E-state index is 13.2. The minimum atomic E-state index is -1.06. The van der Waals surface area contributed by atoms with Crippen molar-refractivity contribution in [2.24, 2.45) is 0 Å². The second-order valence-electron chi connectivity index (χ2n) is 5.95. The summed E-state index contributed by atoms with van der Waals surface area (Å²) in [5.41, 5.74) is 1.57. The number of benzene rings is 1. The highest BCUT2D eigenvalue weighted by Crippen LogP contribution is 2.19. The Bertz CT molecular complexity index is 884. The number of hydrogen-bond acceptors (Lipinski definition) is 6. The third-order valence-electron chi connectivity index (χ3n) is 4.03. The zero-order chi connectivity index (χ0) is 18.9. The Hall–Kier alpha value is -3.37. The highest BCUT2D eigenvalue weighted by atomic mass is 19.1. The molecule has 1 unspecified atom stereocenters. The van der Waals surface area contributed by atoms with E-state index in [0.29, 0.717) is 17.0 Å². The molecule has 1 aliphatic heterocycles. The predicted molar refractivity (Wildman–Crippen MR) is 85.4 cm³/mol. The monoisotopic (exact) mass is 361 g/mol. The van der Waals surface area contributed by atoms with E-state index in [9.17, 15) is 18.8 Å². The lowest BCUT2D eigenvalue weighted by Gasteiger charge is -2.19. The second kappa shape index (κ2) is 6.50. The first kappa shape index (κ1) is 17.5. The van der Waals surface area contributed by atoms with Crippen molar-refractivity contribution < 1.29 is 18.8 Å². The van der Waals surface area contributed by atoms with Crippen LogP contribution in [0.4, 0.5) is 9.18 Å². The maximum absolute atomic E-state index is 13.2. The van der Waals surface area contributed by atoms with Crippen LogP contribution in [0, 0.1) is 5.82 Å². The molecule has 136 valence electrons. The number of nitrogens with one attached hydrogen (secondary N) is 2. The van der Waals surface area contributed by atoms with Crippen molar-refractivity contribution in [1.82, 2.24) is 36.0 Å². The zero-order valence-corrected chi connectivity index (χ0v) is 14.1. The van der Waals surface area contributed by atoms with E-state index in [2.05, 4.69) is 26.2 Å². The van der Waals surface area contributed by atoms with Gasteiger partial charge in [0, 0.05) is 5.56 Å². The Morgan fingerprint density at radius 3 is 2.81 bits per heavy atom. The fourth-order valence-corrected chi connectivity index (χ4v) is 2.37. The molecule has 1 saturated heterocycles. The minimum absolute atomic E-state index is 0.144.